The first-order valence-electron chi connectivity index (χ1n) is 11.4. The summed E-state index contributed by atoms with van der Waals surface area (Å²) in [5, 5.41) is 30.7. The number of aliphatic carboxylic acids is 1. The molecule has 12 heteroatoms. The fourth-order valence-electron chi connectivity index (χ4n) is 3.98. The van der Waals surface area contributed by atoms with Crippen molar-refractivity contribution >= 4 is 17.6 Å². The number of rotatable bonds is 11. The van der Waals surface area contributed by atoms with E-state index in [1.807, 2.05) is 13.8 Å². The third kappa shape index (κ3) is 6.70. The van der Waals surface area contributed by atoms with Gasteiger partial charge in [-0.1, -0.05) is 25.1 Å². The number of nitrogens with zero attached hydrogens (tertiary/aromatic N) is 3. The quantitative estimate of drug-likeness (QED) is 0.316. The Morgan fingerprint density at radius 2 is 2.09 bits per heavy atom. The Hall–Kier alpha value is -3.64. The molecule has 0 unspecified atom stereocenters. The average Bonchev–Trinajstić information content (AvgIpc) is 3.31. The fourth-order valence-corrected chi connectivity index (χ4v) is 3.98. The van der Waals surface area contributed by atoms with Gasteiger partial charge < -0.3 is 25.0 Å². The lowest BCUT2D eigenvalue weighted by atomic mass is 9.87. The number of carbonyl (C=O) groups is 2. The van der Waals surface area contributed by atoms with Gasteiger partial charge >= 0.3 is 5.97 Å². The molecule has 0 saturated carbocycles. The van der Waals surface area contributed by atoms with Crippen LogP contribution in [0.2, 0.25) is 0 Å². The van der Waals surface area contributed by atoms with E-state index in [9.17, 15) is 24.8 Å². The van der Waals surface area contributed by atoms with Crippen LogP contribution in [-0.4, -0.2) is 56.3 Å². The maximum Gasteiger partial charge on any atom is 0.331 e. The maximum absolute atomic E-state index is 11.9. The topological polar surface area (TPSA) is 170 Å². The second kappa shape index (κ2) is 11.7. The number of non-ortho nitro benzene ring substituents is 1. The standard InChI is InChI=1S/C23H29N5O7/c1-4-17(5-2)34-19-11-15(23(30)31)10-18(21(19)25-13(3)29)24-12-20-26-22(35-27-20)14-7-6-8-16(9-14)28(32)33/h6-9,11,17-19,21,24H,4-5,10,12H2,1-3H3,(H,25,29)(H,30,31)/t18-,19+,21+/m0/s1. The van der Waals surface area contributed by atoms with Crippen LogP contribution in [-0.2, 0) is 20.9 Å². The van der Waals surface area contributed by atoms with E-state index in [1.165, 1.54) is 25.1 Å². The van der Waals surface area contributed by atoms with Gasteiger partial charge in [0.1, 0.15) is 0 Å². The van der Waals surface area contributed by atoms with Gasteiger partial charge in [-0.05, 0) is 31.4 Å². The number of carbonyl (C=O) groups excluding carboxylic acids is 1. The number of nitro groups is 1. The first-order chi connectivity index (χ1) is 16.7. The first kappa shape index (κ1) is 26.0. The summed E-state index contributed by atoms with van der Waals surface area (Å²) >= 11 is 0. The third-order valence-corrected chi connectivity index (χ3v) is 5.79. The molecule has 188 valence electrons. The van der Waals surface area contributed by atoms with Crippen LogP contribution in [0.4, 0.5) is 5.69 Å². The zero-order valence-corrected chi connectivity index (χ0v) is 19.8. The summed E-state index contributed by atoms with van der Waals surface area (Å²) < 4.78 is 11.4. The number of nitro benzene ring substituents is 1. The van der Waals surface area contributed by atoms with Gasteiger partial charge in [0, 0.05) is 36.2 Å². The molecule has 1 heterocycles. The summed E-state index contributed by atoms with van der Waals surface area (Å²) in [7, 11) is 0. The molecule has 1 amide bonds. The molecule has 0 aliphatic heterocycles. The van der Waals surface area contributed by atoms with E-state index in [0.717, 1.165) is 12.8 Å². The van der Waals surface area contributed by atoms with E-state index in [4.69, 9.17) is 9.26 Å². The van der Waals surface area contributed by atoms with Gasteiger partial charge in [-0.25, -0.2) is 4.79 Å². The normalized spacial score (nSPS) is 19.9. The van der Waals surface area contributed by atoms with Crippen LogP contribution in [0.5, 0.6) is 0 Å². The molecule has 0 radical (unpaired) electrons. The molecule has 0 saturated heterocycles. The Morgan fingerprint density at radius 3 is 2.71 bits per heavy atom. The zero-order valence-electron chi connectivity index (χ0n) is 19.8. The van der Waals surface area contributed by atoms with Crippen molar-refractivity contribution in [3.63, 3.8) is 0 Å². The number of hydrogen-bond acceptors (Lipinski definition) is 9. The Labute approximate surface area is 201 Å². The van der Waals surface area contributed by atoms with Gasteiger partial charge in [0.15, 0.2) is 5.82 Å². The largest absolute Gasteiger partial charge is 0.478 e. The van der Waals surface area contributed by atoms with E-state index in [0.29, 0.717) is 5.56 Å². The summed E-state index contributed by atoms with van der Waals surface area (Å²) in [5.41, 5.74) is 0.490. The van der Waals surface area contributed by atoms with Crippen LogP contribution in [0.25, 0.3) is 11.5 Å². The number of ether oxygens (including phenoxy) is 1. The summed E-state index contributed by atoms with van der Waals surface area (Å²) in [6, 6.07) is 4.85. The summed E-state index contributed by atoms with van der Waals surface area (Å²) in [4.78, 5) is 38.5. The number of amides is 1. The van der Waals surface area contributed by atoms with Gasteiger partial charge in [0.25, 0.3) is 11.6 Å². The molecule has 3 atom stereocenters. The lowest BCUT2D eigenvalue weighted by Crippen LogP contribution is -2.58. The maximum atomic E-state index is 11.9. The van der Waals surface area contributed by atoms with E-state index in [-0.39, 0.29) is 48.0 Å². The minimum Gasteiger partial charge on any atom is -0.478 e. The molecule has 2 aromatic rings. The molecule has 0 bridgehead atoms. The molecule has 3 rings (SSSR count). The number of hydrogen-bond donors (Lipinski definition) is 3. The highest BCUT2D eigenvalue weighted by Crippen LogP contribution is 2.26. The highest BCUT2D eigenvalue weighted by molar-refractivity contribution is 5.87. The highest BCUT2D eigenvalue weighted by Gasteiger charge is 2.37. The molecule has 0 spiro atoms. The summed E-state index contributed by atoms with van der Waals surface area (Å²) in [6.45, 7) is 5.48. The second-order valence-electron chi connectivity index (χ2n) is 8.28. The van der Waals surface area contributed by atoms with Gasteiger partial charge in [-0.15, -0.1) is 0 Å². The van der Waals surface area contributed by atoms with Crippen LogP contribution >= 0.6 is 0 Å². The minimum atomic E-state index is -1.05. The minimum absolute atomic E-state index is 0.0870. The van der Waals surface area contributed by atoms with Crippen molar-refractivity contribution in [2.24, 2.45) is 0 Å². The van der Waals surface area contributed by atoms with Crippen molar-refractivity contribution in [2.75, 3.05) is 0 Å². The van der Waals surface area contributed by atoms with Crippen molar-refractivity contribution in [1.29, 1.82) is 0 Å². The molecule has 1 aliphatic carbocycles. The van der Waals surface area contributed by atoms with Crippen molar-refractivity contribution in [3.05, 3.63) is 51.9 Å². The Balaban J connectivity index is 1.79. The molecule has 3 N–H and O–H groups in total. The predicted octanol–water partition coefficient (Wildman–Crippen LogP) is 2.60. The Bertz CT molecular complexity index is 1100. The lowest BCUT2D eigenvalue weighted by molar-refractivity contribution is -0.384. The van der Waals surface area contributed by atoms with Crippen LogP contribution in [0.15, 0.2) is 40.4 Å². The number of aromatic nitrogens is 2. The summed E-state index contributed by atoms with van der Waals surface area (Å²) in [5.74, 6) is -0.922. The average molecular weight is 488 g/mol. The van der Waals surface area contributed by atoms with E-state index >= 15 is 0 Å². The van der Waals surface area contributed by atoms with Gasteiger partial charge in [0.05, 0.1) is 29.7 Å². The number of carboxylic acid groups (broad SMARTS) is 1. The predicted molar refractivity (Wildman–Crippen MR) is 124 cm³/mol. The zero-order chi connectivity index (χ0) is 25.5. The van der Waals surface area contributed by atoms with Crippen LogP contribution in [0, 0.1) is 10.1 Å². The monoisotopic (exact) mass is 487 g/mol. The smallest absolute Gasteiger partial charge is 0.331 e. The molecule has 1 aliphatic rings. The van der Waals surface area contributed by atoms with Crippen LogP contribution < -0.4 is 10.6 Å². The fraction of sp³-hybridized carbons (Fsp3) is 0.478. The highest BCUT2D eigenvalue weighted by atomic mass is 16.6. The number of carboxylic acids is 1. The Morgan fingerprint density at radius 1 is 1.34 bits per heavy atom. The van der Waals surface area contributed by atoms with Gasteiger partial charge in [-0.3, -0.25) is 14.9 Å². The van der Waals surface area contributed by atoms with Crippen molar-refractivity contribution < 1.29 is 28.9 Å². The van der Waals surface area contributed by atoms with E-state index < -0.39 is 29.1 Å². The van der Waals surface area contributed by atoms with Crippen LogP contribution in [0.3, 0.4) is 0 Å². The molecule has 12 nitrogen and oxygen atoms in total. The number of nitrogens with one attached hydrogen (secondary N) is 2. The van der Waals surface area contributed by atoms with Crippen molar-refractivity contribution in [3.8, 4) is 11.5 Å². The van der Waals surface area contributed by atoms with Gasteiger partial charge in [0.2, 0.25) is 5.91 Å². The third-order valence-electron chi connectivity index (χ3n) is 5.79. The molecule has 35 heavy (non-hydrogen) atoms. The first-order valence-corrected chi connectivity index (χ1v) is 11.4. The van der Waals surface area contributed by atoms with E-state index in [1.54, 1.807) is 12.1 Å². The van der Waals surface area contributed by atoms with Crippen molar-refractivity contribution in [2.45, 2.75) is 70.9 Å². The molecule has 1 aromatic heterocycles. The van der Waals surface area contributed by atoms with E-state index in [2.05, 4.69) is 20.8 Å². The molecular weight excluding hydrogens is 458 g/mol. The van der Waals surface area contributed by atoms with Gasteiger partial charge in [-0.2, -0.15) is 4.98 Å². The molecule has 1 aromatic carbocycles. The molecule has 0 fully saturated rings. The lowest BCUT2D eigenvalue weighted by Gasteiger charge is -2.38. The Kier molecular flexibility index (Phi) is 8.66. The summed E-state index contributed by atoms with van der Waals surface area (Å²) in [6.07, 6.45) is 2.49. The van der Waals surface area contributed by atoms with Crippen molar-refractivity contribution in [1.82, 2.24) is 20.8 Å². The second-order valence-corrected chi connectivity index (χ2v) is 8.28. The SMILES string of the molecule is CCC(CC)O[C@@H]1C=C(C(=O)O)C[C@H](NCc2noc(-c3cccc([N+](=O)[O-])c3)n2)[C@H]1NC(C)=O. The number of benzene rings is 1. The van der Waals surface area contributed by atoms with Crippen LogP contribution in [0.1, 0.15) is 45.9 Å². The molecular formula is C23H29N5O7.